The smallest absolute Gasteiger partial charge is 0.298 e. The van der Waals surface area contributed by atoms with Crippen molar-refractivity contribution in [3.05, 3.63) is 46.5 Å². The summed E-state index contributed by atoms with van der Waals surface area (Å²) in [7, 11) is 0. The first-order chi connectivity index (χ1) is 11.1. The van der Waals surface area contributed by atoms with Gasteiger partial charge in [0.05, 0.1) is 0 Å². The van der Waals surface area contributed by atoms with Crippen molar-refractivity contribution < 1.29 is 4.79 Å². The maximum atomic E-state index is 12.3. The molecule has 1 aliphatic heterocycles. The zero-order chi connectivity index (χ0) is 16.2. The number of piperazine rings is 1. The van der Waals surface area contributed by atoms with Crippen LogP contribution in [0.15, 0.2) is 29.8 Å². The first-order valence-corrected chi connectivity index (χ1v) is 8.53. The van der Waals surface area contributed by atoms with E-state index in [9.17, 15) is 4.79 Å². The SMILES string of the molecule is Cc1cc(C)cc(C#CC(=O)N2CCN(c3nccs3)CC2)c1. The summed E-state index contributed by atoms with van der Waals surface area (Å²) in [6.45, 7) is 7.09. The minimum absolute atomic E-state index is 0.0945. The molecule has 1 aromatic heterocycles. The van der Waals surface area contributed by atoms with Crippen molar-refractivity contribution in [2.24, 2.45) is 0 Å². The molecule has 23 heavy (non-hydrogen) atoms. The Morgan fingerprint density at radius 3 is 2.43 bits per heavy atom. The van der Waals surface area contributed by atoms with E-state index in [4.69, 9.17) is 0 Å². The number of amides is 1. The van der Waals surface area contributed by atoms with Crippen LogP contribution in [0.25, 0.3) is 0 Å². The Labute approximate surface area is 140 Å². The maximum Gasteiger partial charge on any atom is 0.298 e. The van der Waals surface area contributed by atoms with E-state index in [1.165, 1.54) is 11.1 Å². The van der Waals surface area contributed by atoms with Crippen LogP contribution in [0.2, 0.25) is 0 Å². The van der Waals surface area contributed by atoms with Gasteiger partial charge in [0.1, 0.15) is 0 Å². The number of hydrogen-bond donors (Lipinski definition) is 0. The van der Waals surface area contributed by atoms with Crippen LogP contribution in [-0.4, -0.2) is 42.0 Å². The molecule has 0 N–H and O–H groups in total. The van der Waals surface area contributed by atoms with Gasteiger partial charge in [0, 0.05) is 49.2 Å². The van der Waals surface area contributed by atoms with Crippen LogP contribution in [0.5, 0.6) is 0 Å². The number of hydrogen-bond acceptors (Lipinski definition) is 4. The molecule has 118 valence electrons. The molecule has 4 nitrogen and oxygen atoms in total. The topological polar surface area (TPSA) is 36.4 Å². The number of rotatable bonds is 1. The Bertz CT molecular complexity index is 730. The van der Waals surface area contributed by atoms with Gasteiger partial charge in [-0.05, 0) is 37.1 Å². The average Bonchev–Trinajstić information content (AvgIpc) is 3.06. The quantitative estimate of drug-likeness (QED) is 0.756. The zero-order valence-electron chi connectivity index (χ0n) is 13.4. The molecule has 2 heterocycles. The number of anilines is 1. The second-order valence-electron chi connectivity index (χ2n) is 5.72. The first kappa shape index (κ1) is 15.6. The van der Waals surface area contributed by atoms with Gasteiger partial charge in [-0.1, -0.05) is 12.0 Å². The molecule has 3 rings (SSSR count). The fraction of sp³-hybridized carbons (Fsp3) is 0.333. The third-order valence-electron chi connectivity index (χ3n) is 3.79. The van der Waals surface area contributed by atoms with Crippen molar-refractivity contribution in [2.45, 2.75) is 13.8 Å². The third-order valence-corrected chi connectivity index (χ3v) is 4.62. The molecular formula is C18H19N3OS. The molecule has 0 radical (unpaired) electrons. The molecule has 1 amide bonds. The Morgan fingerprint density at radius 2 is 1.83 bits per heavy atom. The van der Waals surface area contributed by atoms with Gasteiger partial charge in [-0.2, -0.15) is 0 Å². The summed E-state index contributed by atoms with van der Waals surface area (Å²) in [6.07, 6.45) is 1.81. The van der Waals surface area contributed by atoms with Crippen LogP contribution in [-0.2, 0) is 4.79 Å². The maximum absolute atomic E-state index is 12.3. The minimum atomic E-state index is -0.0945. The molecule has 0 atom stereocenters. The molecule has 1 saturated heterocycles. The van der Waals surface area contributed by atoms with Crippen LogP contribution in [0.1, 0.15) is 16.7 Å². The van der Waals surface area contributed by atoms with Gasteiger partial charge < -0.3 is 9.80 Å². The van der Waals surface area contributed by atoms with Crippen molar-refractivity contribution in [2.75, 3.05) is 31.1 Å². The lowest BCUT2D eigenvalue weighted by molar-refractivity contribution is -0.125. The van der Waals surface area contributed by atoms with E-state index in [2.05, 4.69) is 27.8 Å². The highest BCUT2D eigenvalue weighted by molar-refractivity contribution is 7.13. The van der Waals surface area contributed by atoms with E-state index >= 15 is 0 Å². The number of benzene rings is 1. The monoisotopic (exact) mass is 325 g/mol. The second-order valence-corrected chi connectivity index (χ2v) is 6.59. The predicted octanol–water partition coefficient (Wildman–Crippen LogP) is 2.46. The normalized spacial score (nSPS) is 14.3. The van der Waals surface area contributed by atoms with Crippen molar-refractivity contribution >= 4 is 22.4 Å². The number of carbonyl (C=O) groups excluding carboxylic acids is 1. The standard InChI is InChI=1S/C18H19N3OS/c1-14-11-15(2)13-16(12-14)3-4-17(22)20-6-8-21(9-7-20)18-19-5-10-23-18/h5,10-13H,6-9H2,1-2H3. The Morgan fingerprint density at radius 1 is 1.13 bits per heavy atom. The Balaban J connectivity index is 1.61. The van der Waals surface area contributed by atoms with Gasteiger partial charge in [0.2, 0.25) is 0 Å². The van der Waals surface area contributed by atoms with Crippen LogP contribution in [0, 0.1) is 25.7 Å². The first-order valence-electron chi connectivity index (χ1n) is 7.65. The van der Waals surface area contributed by atoms with Crippen LogP contribution in [0.3, 0.4) is 0 Å². The highest BCUT2D eigenvalue weighted by Gasteiger charge is 2.21. The number of carbonyl (C=O) groups is 1. The van der Waals surface area contributed by atoms with E-state index in [1.54, 1.807) is 11.3 Å². The molecule has 1 fully saturated rings. The fourth-order valence-electron chi connectivity index (χ4n) is 2.72. The van der Waals surface area contributed by atoms with E-state index < -0.39 is 0 Å². The van der Waals surface area contributed by atoms with Gasteiger partial charge in [0.25, 0.3) is 5.91 Å². The Kier molecular flexibility index (Phi) is 4.63. The average molecular weight is 325 g/mol. The molecule has 2 aromatic rings. The molecule has 0 aliphatic carbocycles. The second kappa shape index (κ2) is 6.84. The van der Waals surface area contributed by atoms with E-state index in [-0.39, 0.29) is 5.91 Å². The highest BCUT2D eigenvalue weighted by Crippen LogP contribution is 2.18. The number of aromatic nitrogens is 1. The van der Waals surface area contributed by atoms with Crippen molar-refractivity contribution in [1.29, 1.82) is 0 Å². The molecular weight excluding hydrogens is 306 g/mol. The molecule has 0 spiro atoms. The van der Waals surface area contributed by atoms with Crippen LogP contribution < -0.4 is 4.90 Å². The molecule has 1 aromatic carbocycles. The van der Waals surface area contributed by atoms with Crippen molar-refractivity contribution in [3.63, 3.8) is 0 Å². The van der Waals surface area contributed by atoms with Gasteiger partial charge in [-0.15, -0.1) is 11.3 Å². The van der Waals surface area contributed by atoms with Crippen LogP contribution >= 0.6 is 11.3 Å². The van der Waals surface area contributed by atoms with Gasteiger partial charge in [0.15, 0.2) is 5.13 Å². The lowest BCUT2D eigenvalue weighted by atomic mass is 10.1. The summed E-state index contributed by atoms with van der Waals surface area (Å²) < 4.78 is 0. The molecule has 0 bridgehead atoms. The molecule has 0 saturated carbocycles. The highest BCUT2D eigenvalue weighted by atomic mass is 32.1. The van der Waals surface area contributed by atoms with E-state index in [0.717, 1.165) is 23.8 Å². The largest absolute Gasteiger partial charge is 0.345 e. The zero-order valence-corrected chi connectivity index (χ0v) is 14.2. The van der Waals surface area contributed by atoms with E-state index in [0.29, 0.717) is 13.1 Å². The van der Waals surface area contributed by atoms with Crippen molar-refractivity contribution in [3.8, 4) is 11.8 Å². The summed E-state index contributed by atoms with van der Waals surface area (Å²) in [5.41, 5.74) is 3.23. The molecule has 1 aliphatic rings. The van der Waals surface area contributed by atoms with E-state index in [1.807, 2.05) is 42.5 Å². The van der Waals surface area contributed by atoms with Gasteiger partial charge in [-0.25, -0.2) is 4.98 Å². The summed E-state index contributed by atoms with van der Waals surface area (Å²) in [5.74, 6) is 5.68. The summed E-state index contributed by atoms with van der Waals surface area (Å²) >= 11 is 1.63. The van der Waals surface area contributed by atoms with Crippen LogP contribution in [0.4, 0.5) is 5.13 Å². The van der Waals surface area contributed by atoms with Crippen molar-refractivity contribution in [1.82, 2.24) is 9.88 Å². The summed E-state index contributed by atoms with van der Waals surface area (Å²) in [6, 6.07) is 6.12. The molecule has 0 unspecified atom stereocenters. The number of thiazole rings is 1. The van der Waals surface area contributed by atoms with Gasteiger partial charge in [-0.3, -0.25) is 4.79 Å². The number of nitrogens with zero attached hydrogens (tertiary/aromatic N) is 3. The Hall–Kier alpha value is -2.32. The fourth-order valence-corrected chi connectivity index (χ4v) is 3.42. The number of aryl methyl sites for hydroxylation is 2. The molecule has 5 heteroatoms. The summed E-state index contributed by atoms with van der Waals surface area (Å²) in [4.78, 5) is 20.6. The minimum Gasteiger partial charge on any atom is -0.345 e. The third kappa shape index (κ3) is 3.91. The lowest BCUT2D eigenvalue weighted by Gasteiger charge is -2.33. The summed E-state index contributed by atoms with van der Waals surface area (Å²) in [5, 5.41) is 3.00. The lowest BCUT2D eigenvalue weighted by Crippen LogP contribution is -2.48. The predicted molar refractivity (Wildman–Crippen MR) is 93.7 cm³/mol. The van der Waals surface area contributed by atoms with Gasteiger partial charge >= 0.3 is 0 Å².